The Kier molecular flexibility index (Phi) is 2.87. The summed E-state index contributed by atoms with van der Waals surface area (Å²) in [6.45, 7) is 9.10. The van der Waals surface area contributed by atoms with E-state index in [-0.39, 0.29) is 22.6 Å². The first kappa shape index (κ1) is 14.1. The molecule has 1 unspecified atom stereocenters. The summed E-state index contributed by atoms with van der Waals surface area (Å²) in [5.41, 5.74) is 1.47. The van der Waals surface area contributed by atoms with E-state index in [9.17, 15) is 8.42 Å². The fourth-order valence-corrected chi connectivity index (χ4v) is 5.20. The monoisotopic (exact) mass is 293 g/mol. The van der Waals surface area contributed by atoms with Crippen LogP contribution < -0.4 is 5.32 Å². The van der Waals surface area contributed by atoms with Crippen molar-refractivity contribution in [2.24, 2.45) is 10.8 Å². The molecule has 20 heavy (non-hydrogen) atoms. The number of nitrogens with one attached hydrogen (secondary N) is 1. The van der Waals surface area contributed by atoms with E-state index < -0.39 is 9.84 Å². The molecule has 0 aromatic heterocycles. The molecule has 1 saturated carbocycles. The highest BCUT2D eigenvalue weighted by atomic mass is 32.2. The summed E-state index contributed by atoms with van der Waals surface area (Å²) in [5.74, 6) is 0.245. The topological polar surface area (TPSA) is 46.2 Å². The molecular formula is C16H23NO2S. The largest absolute Gasteiger partial charge is 0.306 e. The van der Waals surface area contributed by atoms with Gasteiger partial charge in [0, 0.05) is 12.1 Å². The van der Waals surface area contributed by atoms with Crippen LogP contribution in [0.15, 0.2) is 29.2 Å². The van der Waals surface area contributed by atoms with Crippen molar-refractivity contribution in [3.05, 3.63) is 29.8 Å². The van der Waals surface area contributed by atoms with Crippen molar-refractivity contribution in [1.29, 1.82) is 0 Å². The van der Waals surface area contributed by atoms with Gasteiger partial charge >= 0.3 is 0 Å². The Bertz CT molecular complexity index is 632. The van der Waals surface area contributed by atoms with Crippen molar-refractivity contribution in [2.45, 2.75) is 51.1 Å². The fourth-order valence-electron chi connectivity index (χ4n) is 3.58. The smallest absolute Gasteiger partial charge is 0.178 e. The summed E-state index contributed by atoms with van der Waals surface area (Å²) in [6.07, 6.45) is 0.669. The number of sulfone groups is 1. The van der Waals surface area contributed by atoms with E-state index in [1.54, 1.807) is 6.07 Å². The predicted octanol–water partition coefficient (Wildman–Crippen LogP) is 2.93. The second-order valence-corrected chi connectivity index (χ2v) is 9.32. The lowest BCUT2D eigenvalue weighted by atomic mass is 10.0. The van der Waals surface area contributed by atoms with Gasteiger partial charge in [-0.05, 0) is 28.9 Å². The van der Waals surface area contributed by atoms with E-state index in [0.29, 0.717) is 17.4 Å². The SMILES string of the molecule is CC1(C)C(NC2CCS(=O)(=O)c3ccccc32)C1(C)C. The summed E-state index contributed by atoms with van der Waals surface area (Å²) < 4.78 is 24.3. The van der Waals surface area contributed by atoms with Crippen LogP contribution >= 0.6 is 0 Å². The predicted molar refractivity (Wildman–Crippen MR) is 80.3 cm³/mol. The number of benzene rings is 1. The molecule has 1 aliphatic heterocycles. The Morgan fingerprint density at radius 3 is 2.30 bits per heavy atom. The Hall–Kier alpha value is -0.870. The molecule has 1 fully saturated rings. The van der Waals surface area contributed by atoms with E-state index in [4.69, 9.17) is 0 Å². The average Bonchev–Trinajstić information content (AvgIpc) is 2.75. The maximum atomic E-state index is 12.1. The Morgan fingerprint density at radius 2 is 1.70 bits per heavy atom. The molecule has 0 amide bonds. The van der Waals surface area contributed by atoms with Gasteiger partial charge < -0.3 is 5.32 Å². The zero-order chi connectivity index (χ0) is 14.8. The van der Waals surface area contributed by atoms with Gasteiger partial charge in [-0.1, -0.05) is 45.9 Å². The van der Waals surface area contributed by atoms with Gasteiger partial charge in [0.05, 0.1) is 10.6 Å². The Balaban J connectivity index is 1.91. The van der Waals surface area contributed by atoms with Gasteiger partial charge in [0.2, 0.25) is 0 Å². The van der Waals surface area contributed by atoms with Crippen molar-refractivity contribution < 1.29 is 8.42 Å². The summed E-state index contributed by atoms with van der Waals surface area (Å²) >= 11 is 0. The van der Waals surface area contributed by atoms with E-state index in [0.717, 1.165) is 5.56 Å². The average molecular weight is 293 g/mol. The lowest BCUT2D eigenvalue weighted by molar-refractivity contribution is 0.447. The molecule has 1 aliphatic carbocycles. The van der Waals surface area contributed by atoms with Gasteiger partial charge in [0.15, 0.2) is 9.84 Å². The van der Waals surface area contributed by atoms with E-state index >= 15 is 0 Å². The maximum absolute atomic E-state index is 12.1. The summed E-state index contributed by atoms with van der Waals surface area (Å²) in [5, 5.41) is 3.70. The highest BCUT2D eigenvalue weighted by Crippen LogP contribution is 2.63. The van der Waals surface area contributed by atoms with Crippen LogP contribution in [0.1, 0.15) is 45.7 Å². The van der Waals surface area contributed by atoms with Crippen molar-refractivity contribution in [3.63, 3.8) is 0 Å². The van der Waals surface area contributed by atoms with Crippen molar-refractivity contribution in [1.82, 2.24) is 5.32 Å². The van der Waals surface area contributed by atoms with Gasteiger partial charge in [-0.2, -0.15) is 0 Å². The lowest BCUT2D eigenvalue weighted by Crippen LogP contribution is -2.33. The molecule has 1 atom stereocenters. The maximum Gasteiger partial charge on any atom is 0.178 e. The van der Waals surface area contributed by atoms with Crippen molar-refractivity contribution in [3.8, 4) is 0 Å². The molecule has 0 spiro atoms. The first-order valence-electron chi connectivity index (χ1n) is 7.26. The summed E-state index contributed by atoms with van der Waals surface area (Å²) in [7, 11) is -3.09. The highest BCUT2D eigenvalue weighted by Gasteiger charge is 2.65. The molecular weight excluding hydrogens is 270 g/mol. The standard InChI is InChI=1S/C16H23NO2S/c1-15(2)14(16(15,3)4)17-12-9-10-20(18,19)13-8-6-5-7-11(12)13/h5-8,12,14,17H,9-10H2,1-4H3. The molecule has 2 aliphatic rings. The van der Waals surface area contributed by atoms with Crippen molar-refractivity contribution >= 4 is 9.84 Å². The third-order valence-electron chi connectivity index (χ3n) is 5.69. The minimum absolute atomic E-state index is 0.153. The minimum Gasteiger partial charge on any atom is -0.306 e. The van der Waals surface area contributed by atoms with Crippen LogP contribution in [0.25, 0.3) is 0 Å². The first-order chi connectivity index (χ1) is 9.18. The van der Waals surface area contributed by atoms with Crippen LogP contribution in [0, 0.1) is 10.8 Å². The van der Waals surface area contributed by atoms with Crippen LogP contribution in [0.5, 0.6) is 0 Å². The fraction of sp³-hybridized carbons (Fsp3) is 0.625. The van der Waals surface area contributed by atoms with E-state index in [1.807, 2.05) is 18.2 Å². The van der Waals surface area contributed by atoms with Gasteiger partial charge in [0.1, 0.15) is 0 Å². The molecule has 4 heteroatoms. The number of fused-ring (bicyclic) bond motifs is 1. The van der Waals surface area contributed by atoms with E-state index in [2.05, 4.69) is 33.0 Å². The second kappa shape index (κ2) is 4.08. The van der Waals surface area contributed by atoms with Gasteiger partial charge in [0.25, 0.3) is 0 Å². The molecule has 0 radical (unpaired) electrons. The zero-order valence-corrected chi connectivity index (χ0v) is 13.4. The Labute approximate surface area is 121 Å². The quantitative estimate of drug-likeness (QED) is 0.912. The second-order valence-electron chi connectivity index (χ2n) is 7.24. The van der Waals surface area contributed by atoms with Crippen LogP contribution in [0.3, 0.4) is 0 Å². The molecule has 0 saturated heterocycles. The molecule has 110 valence electrons. The zero-order valence-electron chi connectivity index (χ0n) is 12.6. The van der Waals surface area contributed by atoms with E-state index in [1.165, 1.54) is 0 Å². The number of hydrogen-bond acceptors (Lipinski definition) is 3. The van der Waals surface area contributed by atoms with Crippen LogP contribution in [0.4, 0.5) is 0 Å². The summed E-state index contributed by atoms with van der Waals surface area (Å²) in [6, 6.07) is 8.02. The molecule has 0 bridgehead atoms. The molecule has 1 heterocycles. The lowest BCUT2D eigenvalue weighted by Gasteiger charge is -2.27. The molecule has 1 N–H and O–H groups in total. The Morgan fingerprint density at radius 1 is 1.10 bits per heavy atom. The third kappa shape index (κ3) is 1.85. The van der Waals surface area contributed by atoms with Gasteiger partial charge in [-0.3, -0.25) is 0 Å². The minimum atomic E-state index is -3.09. The summed E-state index contributed by atoms with van der Waals surface area (Å²) in [4.78, 5) is 0.514. The van der Waals surface area contributed by atoms with Crippen LogP contribution in [0.2, 0.25) is 0 Å². The van der Waals surface area contributed by atoms with Crippen LogP contribution in [-0.4, -0.2) is 20.2 Å². The van der Waals surface area contributed by atoms with Crippen LogP contribution in [-0.2, 0) is 9.84 Å². The molecule has 1 aromatic rings. The van der Waals surface area contributed by atoms with Gasteiger partial charge in [-0.25, -0.2) is 8.42 Å². The third-order valence-corrected chi connectivity index (χ3v) is 7.51. The molecule has 3 rings (SSSR count). The molecule has 1 aromatic carbocycles. The van der Waals surface area contributed by atoms with Crippen molar-refractivity contribution in [2.75, 3.05) is 5.75 Å². The molecule has 3 nitrogen and oxygen atoms in total. The normalized spacial score (nSPS) is 29.7. The van der Waals surface area contributed by atoms with Gasteiger partial charge in [-0.15, -0.1) is 0 Å². The highest BCUT2D eigenvalue weighted by molar-refractivity contribution is 7.91. The number of rotatable bonds is 2. The first-order valence-corrected chi connectivity index (χ1v) is 8.91. The number of hydrogen-bond donors (Lipinski definition) is 1.